The SMILES string of the molecule is COc1ccc(NS(=O)(=O)c2ccc(C(C)C)cc2)cc1OC. The Hall–Kier alpha value is -2.21. The Kier molecular flexibility index (Phi) is 5.15. The first kappa shape index (κ1) is 17.1. The third-order valence-corrected chi connectivity index (χ3v) is 4.89. The molecule has 0 atom stereocenters. The third-order valence-electron chi connectivity index (χ3n) is 3.49. The topological polar surface area (TPSA) is 64.6 Å². The zero-order valence-corrected chi connectivity index (χ0v) is 14.5. The van der Waals surface area contributed by atoms with Gasteiger partial charge in [-0.2, -0.15) is 0 Å². The van der Waals surface area contributed by atoms with Gasteiger partial charge in [-0.3, -0.25) is 4.72 Å². The van der Waals surface area contributed by atoms with Gasteiger partial charge in [-0.1, -0.05) is 26.0 Å². The molecule has 0 saturated carbocycles. The predicted octanol–water partition coefficient (Wildman–Crippen LogP) is 3.63. The quantitative estimate of drug-likeness (QED) is 0.875. The van der Waals surface area contributed by atoms with Gasteiger partial charge in [-0.05, 0) is 35.7 Å². The van der Waals surface area contributed by atoms with E-state index in [0.717, 1.165) is 5.56 Å². The summed E-state index contributed by atoms with van der Waals surface area (Å²) in [5.41, 5.74) is 1.51. The number of benzene rings is 2. The summed E-state index contributed by atoms with van der Waals surface area (Å²) in [4.78, 5) is 0.219. The van der Waals surface area contributed by atoms with E-state index in [9.17, 15) is 8.42 Å². The fourth-order valence-corrected chi connectivity index (χ4v) is 3.20. The van der Waals surface area contributed by atoms with Crippen LogP contribution >= 0.6 is 0 Å². The molecule has 0 fully saturated rings. The number of anilines is 1. The van der Waals surface area contributed by atoms with Crippen molar-refractivity contribution in [3.8, 4) is 11.5 Å². The van der Waals surface area contributed by atoms with Crippen molar-refractivity contribution in [1.29, 1.82) is 0 Å². The van der Waals surface area contributed by atoms with E-state index in [4.69, 9.17) is 9.47 Å². The fraction of sp³-hybridized carbons (Fsp3) is 0.294. The van der Waals surface area contributed by atoms with Crippen LogP contribution in [0.15, 0.2) is 47.4 Å². The Labute approximate surface area is 137 Å². The van der Waals surface area contributed by atoms with Crippen molar-refractivity contribution in [1.82, 2.24) is 0 Å². The van der Waals surface area contributed by atoms with Crippen molar-refractivity contribution in [3.63, 3.8) is 0 Å². The van der Waals surface area contributed by atoms with E-state index in [1.54, 1.807) is 30.3 Å². The van der Waals surface area contributed by atoms with E-state index in [1.807, 2.05) is 12.1 Å². The van der Waals surface area contributed by atoms with E-state index < -0.39 is 10.0 Å². The number of rotatable bonds is 6. The van der Waals surface area contributed by atoms with Crippen molar-refractivity contribution in [2.75, 3.05) is 18.9 Å². The Morgan fingerprint density at radius 3 is 2.04 bits per heavy atom. The molecule has 124 valence electrons. The monoisotopic (exact) mass is 335 g/mol. The van der Waals surface area contributed by atoms with E-state index in [2.05, 4.69) is 18.6 Å². The Balaban J connectivity index is 2.27. The fourth-order valence-electron chi connectivity index (χ4n) is 2.15. The highest BCUT2D eigenvalue weighted by Crippen LogP contribution is 2.30. The highest BCUT2D eigenvalue weighted by Gasteiger charge is 2.15. The second-order valence-electron chi connectivity index (χ2n) is 5.40. The van der Waals surface area contributed by atoms with Gasteiger partial charge >= 0.3 is 0 Å². The minimum Gasteiger partial charge on any atom is -0.493 e. The highest BCUT2D eigenvalue weighted by molar-refractivity contribution is 7.92. The van der Waals surface area contributed by atoms with Gasteiger partial charge in [0.15, 0.2) is 11.5 Å². The molecule has 0 aliphatic rings. The first-order valence-electron chi connectivity index (χ1n) is 7.22. The first-order chi connectivity index (χ1) is 10.9. The van der Waals surface area contributed by atoms with Gasteiger partial charge in [0, 0.05) is 6.07 Å². The number of methoxy groups -OCH3 is 2. The minimum absolute atomic E-state index is 0.219. The molecule has 2 rings (SSSR count). The molecule has 5 nitrogen and oxygen atoms in total. The molecule has 0 bridgehead atoms. The minimum atomic E-state index is -3.65. The molecule has 0 saturated heterocycles. The van der Waals surface area contributed by atoms with E-state index in [0.29, 0.717) is 23.1 Å². The molecule has 0 aliphatic carbocycles. The second-order valence-corrected chi connectivity index (χ2v) is 7.08. The summed E-state index contributed by atoms with van der Waals surface area (Å²) in [5, 5.41) is 0. The average molecular weight is 335 g/mol. The standard InChI is InChI=1S/C17H21NO4S/c1-12(2)13-5-8-15(9-6-13)23(19,20)18-14-7-10-16(21-3)17(11-14)22-4/h5-12,18H,1-4H3. The molecule has 0 heterocycles. The molecule has 0 radical (unpaired) electrons. The summed E-state index contributed by atoms with van der Waals surface area (Å²) in [7, 11) is -0.620. The molecular formula is C17H21NO4S. The van der Waals surface area contributed by atoms with Crippen LogP contribution in [-0.2, 0) is 10.0 Å². The summed E-state index contributed by atoms with van der Waals surface area (Å²) in [5.74, 6) is 1.35. The van der Waals surface area contributed by atoms with Crippen LogP contribution < -0.4 is 14.2 Å². The lowest BCUT2D eigenvalue weighted by molar-refractivity contribution is 0.355. The lowest BCUT2D eigenvalue weighted by atomic mass is 10.0. The van der Waals surface area contributed by atoms with Crippen molar-refractivity contribution in [2.45, 2.75) is 24.7 Å². The maximum atomic E-state index is 12.5. The molecule has 6 heteroatoms. The lowest BCUT2D eigenvalue weighted by Gasteiger charge is -2.12. The van der Waals surface area contributed by atoms with Crippen LogP contribution in [0.3, 0.4) is 0 Å². The van der Waals surface area contributed by atoms with Crippen LogP contribution in [0.2, 0.25) is 0 Å². The smallest absolute Gasteiger partial charge is 0.261 e. The maximum Gasteiger partial charge on any atom is 0.261 e. The largest absolute Gasteiger partial charge is 0.493 e. The zero-order chi connectivity index (χ0) is 17.0. The molecule has 2 aromatic rings. The number of hydrogen-bond donors (Lipinski definition) is 1. The van der Waals surface area contributed by atoms with Crippen LogP contribution in [0.4, 0.5) is 5.69 Å². The van der Waals surface area contributed by atoms with Gasteiger partial charge in [0.1, 0.15) is 0 Å². The lowest BCUT2D eigenvalue weighted by Crippen LogP contribution is -2.13. The molecule has 23 heavy (non-hydrogen) atoms. The van der Waals surface area contributed by atoms with Gasteiger partial charge < -0.3 is 9.47 Å². The summed E-state index contributed by atoms with van der Waals surface area (Å²) < 4.78 is 37.8. The zero-order valence-electron chi connectivity index (χ0n) is 13.7. The third kappa shape index (κ3) is 3.96. The van der Waals surface area contributed by atoms with Gasteiger partial charge in [-0.25, -0.2) is 8.42 Å². The van der Waals surface area contributed by atoms with Crippen LogP contribution in [-0.4, -0.2) is 22.6 Å². The molecule has 0 unspecified atom stereocenters. The van der Waals surface area contributed by atoms with Crippen LogP contribution in [0, 0.1) is 0 Å². The van der Waals surface area contributed by atoms with Gasteiger partial charge in [-0.15, -0.1) is 0 Å². The Bertz CT molecular complexity index is 768. The first-order valence-corrected chi connectivity index (χ1v) is 8.70. The second kappa shape index (κ2) is 6.91. The van der Waals surface area contributed by atoms with Gasteiger partial charge in [0.2, 0.25) is 0 Å². The highest BCUT2D eigenvalue weighted by atomic mass is 32.2. The van der Waals surface area contributed by atoms with E-state index in [1.165, 1.54) is 14.2 Å². The number of nitrogens with one attached hydrogen (secondary N) is 1. The average Bonchev–Trinajstić information content (AvgIpc) is 2.54. The summed E-state index contributed by atoms with van der Waals surface area (Å²) in [6.45, 7) is 4.12. The van der Waals surface area contributed by atoms with Crippen LogP contribution in [0.25, 0.3) is 0 Å². The molecule has 1 N–H and O–H groups in total. The molecule has 0 spiro atoms. The normalized spacial score (nSPS) is 11.3. The Morgan fingerprint density at radius 1 is 0.913 bits per heavy atom. The summed E-state index contributed by atoms with van der Waals surface area (Å²) in [6.07, 6.45) is 0. The van der Waals surface area contributed by atoms with E-state index in [-0.39, 0.29) is 4.90 Å². The van der Waals surface area contributed by atoms with Gasteiger partial charge in [0.05, 0.1) is 24.8 Å². The van der Waals surface area contributed by atoms with Gasteiger partial charge in [0.25, 0.3) is 10.0 Å². The molecule has 0 aliphatic heterocycles. The molecule has 0 aromatic heterocycles. The van der Waals surface area contributed by atoms with Crippen LogP contribution in [0.1, 0.15) is 25.3 Å². The van der Waals surface area contributed by atoms with Crippen molar-refractivity contribution >= 4 is 15.7 Å². The molecule has 2 aromatic carbocycles. The summed E-state index contributed by atoms with van der Waals surface area (Å²) in [6, 6.07) is 11.7. The number of ether oxygens (including phenoxy) is 2. The van der Waals surface area contributed by atoms with E-state index >= 15 is 0 Å². The molecular weight excluding hydrogens is 314 g/mol. The predicted molar refractivity (Wildman–Crippen MR) is 90.9 cm³/mol. The van der Waals surface area contributed by atoms with Crippen LogP contribution in [0.5, 0.6) is 11.5 Å². The Morgan fingerprint density at radius 2 is 1.52 bits per heavy atom. The molecule has 0 amide bonds. The number of sulfonamides is 1. The number of hydrogen-bond acceptors (Lipinski definition) is 4. The maximum absolute atomic E-state index is 12.5. The van der Waals surface area contributed by atoms with Crippen molar-refractivity contribution in [3.05, 3.63) is 48.0 Å². The summed E-state index contributed by atoms with van der Waals surface area (Å²) >= 11 is 0. The van der Waals surface area contributed by atoms with Crippen molar-refractivity contribution in [2.24, 2.45) is 0 Å². The van der Waals surface area contributed by atoms with Crippen molar-refractivity contribution < 1.29 is 17.9 Å².